The molecule has 3 aliphatic rings. The second kappa shape index (κ2) is 13.4. The SMILES string of the molecule is COC(=O)C1=C2Nc3ccccc3[C@]23CCN(Cc2ccccc2)[C@@H]3[C@@H](C[C@@](C)(COS(=O)(=O)c2ccc(C)cc2)O[Si](C)(C)C(C)(C)C)C1. The van der Waals surface area contributed by atoms with Crippen LogP contribution < -0.4 is 5.32 Å². The van der Waals surface area contributed by atoms with E-state index in [1.807, 2.05) is 26.0 Å². The van der Waals surface area contributed by atoms with Crippen LogP contribution in [0.15, 0.2) is 95.0 Å². The monoisotopic (exact) mass is 716 g/mol. The molecule has 1 N–H and O–H groups in total. The fraction of sp³-hybridized carbons (Fsp3) is 0.475. The van der Waals surface area contributed by atoms with Gasteiger partial charge in [-0.05, 0) is 86.5 Å². The number of carbonyl (C=O) groups is 1. The molecule has 0 saturated carbocycles. The number of nitrogens with one attached hydrogen (secondary N) is 1. The van der Waals surface area contributed by atoms with Crippen molar-refractivity contribution in [2.45, 2.75) is 101 Å². The Hall–Kier alpha value is -3.28. The summed E-state index contributed by atoms with van der Waals surface area (Å²) in [6, 6.07) is 25.6. The molecule has 10 heteroatoms. The predicted octanol–water partition coefficient (Wildman–Crippen LogP) is 7.96. The number of hydrogen-bond donors (Lipinski definition) is 1. The van der Waals surface area contributed by atoms with E-state index >= 15 is 0 Å². The van der Waals surface area contributed by atoms with Gasteiger partial charge in [0.15, 0.2) is 8.32 Å². The molecule has 2 heterocycles. The quantitative estimate of drug-likeness (QED) is 0.121. The zero-order chi connectivity index (χ0) is 36.1. The molecule has 0 aromatic heterocycles. The van der Waals surface area contributed by atoms with E-state index in [2.05, 4.69) is 86.5 Å². The molecule has 0 unspecified atom stereocenters. The highest BCUT2D eigenvalue weighted by Gasteiger charge is 2.62. The first kappa shape index (κ1) is 36.5. The van der Waals surface area contributed by atoms with Crippen LogP contribution >= 0.6 is 0 Å². The van der Waals surface area contributed by atoms with E-state index in [1.165, 1.54) is 18.2 Å². The third kappa shape index (κ3) is 6.73. The molecular formula is C40H52N2O6SSi. The topological polar surface area (TPSA) is 94.2 Å². The molecule has 4 atom stereocenters. The van der Waals surface area contributed by atoms with Gasteiger partial charge in [0.25, 0.3) is 10.1 Å². The molecule has 6 rings (SSSR count). The van der Waals surface area contributed by atoms with Gasteiger partial charge in [-0.25, -0.2) is 4.79 Å². The van der Waals surface area contributed by atoms with Gasteiger partial charge in [-0.15, -0.1) is 0 Å². The number of carbonyl (C=O) groups excluding carboxylic acids is 1. The van der Waals surface area contributed by atoms with Crippen molar-refractivity contribution in [1.82, 2.24) is 4.90 Å². The fourth-order valence-electron chi connectivity index (χ4n) is 8.29. The first-order valence-electron chi connectivity index (χ1n) is 17.6. The maximum Gasteiger partial charge on any atom is 0.335 e. The minimum atomic E-state index is -4.06. The lowest BCUT2D eigenvalue weighted by molar-refractivity contribution is -0.137. The van der Waals surface area contributed by atoms with Crippen molar-refractivity contribution in [3.8, 4) is 0 Å². The van der Waals surface area contributed by atoms with Gasteiger partial charge in [0.1, 0.15) is 0 Å². The van der Waals surface area contributed by atoms with Crippen LogP contribution in [-0.2, 0) is 40.2 Å². The number of ether oxygens (including phenoxy) is 1. The molecule has 268 valence electrons. The molecule has 2 aliphatic heterocycles. The largest absolute Gasteiger partial charge is 0.466 e. The molecule has 1 saturated heterocycles. The van der Waals surface area contributed by atoms with Gasteiger partial charge in [0.05, 0.1) is 35.2 Å². The number of anilines is 1. The highest BCUT2D eigenvalue weighted by Crippen LogP contribution is 2.60. The zero-order valence-electron chi connectivity index (χ0n) is 30.7. The number of nitrogens with zero attached hydrogens (tertiary/aromatic N) is 1. The Kier molecular flexibility index (Phi) is 9.75. The summed E-state index contributed by atoms with van der Waals surface area (Å²) >= 11 is 0. The minimum Gasteiger partial charge on any atom is -0.466 e. The Morgan fingerprint density at radius 3 is 2.30 bits per heavy atom. The molecule has 50 heavy (non-hydrogen) atoms. The van der Waals surface area contributed by atoms with Gasteiger partial charge < -0.3 is 14.5 Å². The first-order chi connectivity index (χ1) is 23.5. The van der Waals surface area contributed by atoms with E-state index in [1.54, 1.807) is 24.3 Å². The number of benzene rings is 3. The van der Waals surface area contributed by atoms with E-state index in [0.717, 1.165) is 36.5 Å². The average molecular weight is 717 g/mol. The Labute approximate surface area is 299 Å². The molecule has 8 nitrogen and oxygen atoms in total. The lowest BCUT2D eigenvalue weighted by atomic mass is 9.61. The summed E-state index contributed by atoms with van der Waals surface area (Å²) in [5, 5.41) is 3.54. The summed E-state index contributed by atoms with van der Waals surface area (Å²) in [7, 11) is -5.08. The Morgan fingerprint density at radius 1 is 0.980 bits per heavy atom. The minimum absolute atomic E-state index is 0.00157. The summed E-state index contributed by atoms with van der Waals surface area (Å²) in [6.45, 7) is 16.3. The molecule has 0 bridgehead atoms. The van der Waals surface area contributed by atoms with Crippen LogP contribution in [0.2, 0.25) is 18.1 Å². The van der Waals surface area contributed by atoms with Crippen molar-refractivity contribution in [2.24, 2.45) is 5.92 Å². The van der Waals surface area contributed by atoms with Gasteiger partial charge in [0.2, 0.25) is 0 Å². The van der Waals surface area contributed by atoms with Crippen LogP contribution in [0.1, 0.15) is 63.6 Å². The number of para-hydroxylation sites is 1. The highest BCUT2D eigenvalue weighted by atomic mass is 32.2. The van der Waals surface area contributed by atoms with Gasteiger partial charge in [-0.3, -0.25) is 9.08 Å². The van der Waals surface area contributed by atoms with Crippen molar-refractivity contribution < 1.29 is 26.6 Å². The smallest absolute Gasteiger partial charge is 0.335 e. The summed E-state index contributed by atoms with van der Waals surface area (Å²) < 4.78 is 45.8. The molecule has 1 spiro atoms. The molecule has 3 aromatic carbocycles. The van der Waals surface area contributed by atoms with E-state index in [0.29, 0.717) is 18.4 Å². The van der Waals surface area contributed by atoms with Crippen LogP contribution in [0.5, 0.6) is 0 Å². The molecule has 3 aromatic rings. The van der Waals surface area contributed by atoms with Crippen molar-refractivity contribution >= 4 is 30.1 Å². The van der Waals surface area contributed by atoms with Gasteiger partial charge in [-0.1, -0.05) is 87.0 Å². The van der Waals surface area contributed by atoms with E-state index < -0.39 is 29.5 Å². The van der Waals surface area contributed by atoms with E-state index in [4.69, 9.17) is 13.3 Å². The van der Waals surface area contributed by atoms with Gasteiger partial charge >= 0.3 is 5.97 Å². The standard InChI is InChI=1S/C40H52N2O6SSi/c1-28-18-20-31(21-19-28)49(44,45)47-27-39(5,48-50(7,8)38(2,3)4)25-30-24-32(37(43)46-6)35-40(33-16-12-13-17-34(33)41-35)22-23-42(36(30)40)26-29-14-10-9-11-15-29/h9-21,30,36,41H,22-27H2,1-8H3/t30-,36-,39+,40-/m1/s1. The maximum absolute atomic E-state index is 13.7. The van der Waals surface area contributed by atoms with E-state index in [-0.39, 0.29) is 34.5 Å². The van der Waals surface area contributed by atoms with Crippen LogP contribution in [0.25, 0.3) is 0 Å². The van der Waals surface area contributed by atoms with Gasteiger partial charge in [0, 0.05) is 30.5 Å². The second-order valence-electron chi connectivity index (χ2n) is 16.1. The Bertz CT molecular complexity index is 1870. The molecule has 0 amide bonds. The van der Waals surface area contributed by atoms with Crippen LogP contribution in [0, 0.1) is 12.8 Å². The number of likely N-dealkylation sites (tertiary alicyclic amines) is 1. The Morgan fingerprint density at radius 2 is 1.64 bits per heavy atom. The third-order valence-electron chi connectivity index (χ3n) is 11.5. The number of methoxy groups -OCH3 is 1. The number of hydrogen-bond acceptors (Lipinski definition) is 8. The van der Waals surface area contributed by atoms with Gasteiger partial charge in [-0.2, -0.15) is 8.42 Å². The van der Waals surface area contributed by atoms with Crippen LogP contribution in [-0.4, -0.2) is 59.5 Å². The van der Waals surface area contributed by atoms with Crippen LogP contribution in [0.4, 0.5) is 5.69 Å². The zero-order valence-corrected chi connectivity index (χ0v) is 32.5. The number of aryl methyl sites for hydroxylation is 1. The first-order valence-corrected chi connectivity index (χ1v) is 21.9. The second-order valence-corrected chi connectivity index (χ2v) is 22.5. The molecule has 1 aliphatic carbocycles. The highest BCUT2D eigenvalue weighted by molar-refractivity contribution is 7.86. The Balaban J connectivity index is 1.45. The average Bonchev–Trinajstić information content (AvgIpc) is 3.61. The summed E-state index contributed by atoms with van der Waals surface area (Å²) in [5.74, 6) is -0.428. The lowest BCUT2D eigenvalue weighted by Crippen LogP contribution is -2.56. The summed E-state index contributed by atoms with van der Waals surface area (Å²) in [6.07, 6.45) is 1.78. The van der Waals surface area contributed by atoms with Crippen molar-refractivity contribution in [3.63, 3.8) is 0 Å². The lowest BCUT2D eigenvalue weighted by Gasteiger charge is -2.50. The number of esters is 1. The normalized spacial score (nSPS) is 23.4. The summed E-state index contributed by atoms with van der Waals surface area (Å²) in [4.78, 5) is 16.3. The fourth-order valence-corrected chi connectivity index (χ4v) is 11.0. The molecule has 1 fully saturated rings. The predicted molar refractivity (Wildman–Crippen MR) is 200 cm³/mol. The molecule has 0 radical (unpaired) electrons. The third-order valence-corrected chi connectivity index (χ3v) is 17.4. The van der Waals surface area contributed by atoms with Crippen molar-refractivity contribution in [1.29, 1.82) is 0 Å². The van der Waals surface area contributed by atoms with Crippen molar-refractivity contribution in [2.75, 3.05) is 25.6 Å². The van der Waals surface area contributed by atoms with Crippen molar-refractivity contribution in [3.05, 3.63) is 107 Å². The number of rotatable bonds is 11. The summed E-state index contributed by atoms with van der Waals surface area (Å²) in [5.41, 5.74) is 4.52. The molecular weight excluding hydrogens is 665 g/mol. The number of fused-ring (bicyclic) bond motifs is 1. The van der Waals surface area contributed by atoms with E-state index in [9.17, 15) is 13.2 Å². The van der Waals surface area contributed by atoms with Crippen LogP contribution in [0.3, 0.4) is 0 Å². The maximum atomic E-state index is 13.7.